The fraction of sp³-hybridized carbons (Fsp3) is 0.0702. The Kier molecular flexibility index (Phi) is 10.2. The summed E-state index contributed by atoms with van der Waals surface area (Å²) in [5.41, 5.74) is 13.2. The van der Waals surface area contributed by atoms with Gasteiger partial charge in [0.25, 0.3) is 0 Å². The van der Waals surface area contributed by atoms with Gasteiger partial charge in [-0.05, 0) is 135 Å². The number of rotatable bonds is 8. The van der Waals surface area contributed by atoms with E-state index >= 15 is 0 Å². The molecule has 2 aliphatic heterocycles. The van der Waals surface area contributed by atoms with Crippen LogP contribution in [-0.2, 0) is 0 Å². The van der Waals surface area contributed by atoms with E-state index in [4.69, 9.17) is 15.0 Å². The monoisotopic (exact) mass is 874 g/mol. The molecule has 0 saturated heterocycles. The van der Waals surface area contributed by atoms with Gasteiger partial charge in [0, 0.05) is 64.7 Å². The minimum atomic E-state index is 0.625. The van der Waals surface area contributed by atoms with Gasteiger partial charge in [-0.15, -0.1) is 0 Å². The summed E-state index contributed by atoms with van der Waals surface area (Å²) in [5, 5.41) is 0. The Morgan fingerprint density at radius 2 is 0.754 bits per heavy atom. The first-order chi connectivity index (χ1) is 32.2. The fourth-order valence-corrected chi connectivity index (χ4v) is 11.4. The van der Waals surface area contributed by atoms with Crippen molar-refractivity contribution in [3.8, 4) is 34.2 Å². The van der Waals surface area contributed by atoms with Gasteiger partial charge in [-0.2, -0.15) is 0 Å². The highest BCUT2D eigenvalue weighted by atomic mass is 32.2. The third-order valence-corrected chi connectivity index (χ3v) is 14.6. The molecule has 0 spiro atoms. The molecule has 4 aliphatic rings. The highest BCUT2D eigenvalue weighted by molar-refractivity contribution is 8.03. The molecule has 0 unspecified atom stereocenters. The minimum Gasteiger partial charge on any atom is -0.311 e. The van der Waals surface area contributed by atoms with Crippen LogP contribution in [0.2, 0.25) is 0 Å². The van der Waals surface area contributed by atoms with Crippen LogP contribution in [-0.4, -0.2) is 15.0 Å². The van der Waals surface area contributed by atoms with Crippen LogP contribution in [0, 0.1) is 0 Å². The molecule has 0 N–H and O–H groups in total. The zero-order valence-corrected chi connectivity index (χ0v) is 37.1. The van der Waals surface area contributed by atoms with Gasteiger partial charge in [0.1, 0.15) is 0 Å². The number of anilines is 7. The van der Waals surface area contributed by atoms with Crippen LogP contribution < -0.4 is 14.7 Å². The van der Waals surface area contributed by atoms with Gasteiger partial charge in [-0.25, -0.2) is 15.0 Å². The molecular weight excluding hydrogens is 833 g/mol. The highest BCUT2D eigenvalue weighted by Gasteiger charge is 2.29. The van der Waals surface area contributed by atoms with Crippen molar-refractivity contribution in [2.24, 2.45) is 0 Å². The van der Waals surface area contributed by atoms with Gasteiger partial charge in [0.2, 0.25) is 0 Å². The van der Waals surface area contributed by atoms with E-state index in [9.17, 15) is 0 Å². The molecule has 0 radical (unpaired) electrons. The minimum absolute atomic E-state index is 0.625. The van der Waals surface area contributed by atoms with Crippen LogP contribution in [0.5, 0.6) is 0 Å². The van der Waals surface area contributed by atoms with Crippen molar-refractivity contribution in [3.05, 3.63) is 227 Å². The van der Waals surface area contributed by atoms with Crippen molar-refractivity contribution in [2.75, 3.05) is 14.7 Å². The Morgan fingerprint density at radius 3 is 1.18 bits per heavy atom. The zero-order valence-electron chi connectivity index (χ0n) is 35.5. The van der Waals surface area contributed by atoms with E-state index in [0.717, 1.165) is 70.8 Å². The van der Waals surface area contributed by atoms with E-state index in [0.29, 0.717) is 17.5 Å². The van der Waals surface area contributed by atoms with Gasteiger partial charge in [0.05, 0.1) is 22.8 Å². The molecule has 3 heterocycles. The lowest BCUT2D eigenvalue weighted by Gasteiger charge is -2.36. The third kappa shape index (κ3) is 7.44. The van der Waals surface area contributed by atoms with Crippen molar-refractivity contribution < 1.29 is 0 Å². The van der Waals surface area contributed by atoms with E-state index in [1.54, 1.807) is 0 Å². The number of allylic oxidation sites excluding steroid dienone is 6. The van der Waals surface area contributed by atoms with Crippen molar-refractivity contribution in [1.82, 2.24) is 15.0 Å². The smallest absolute Gasteiger partial charge is 0.164 e. The van der Waals surface area contributed by atoms with Gasteiger partial charge in [-0.3, -0.25) is 0 Å². The van der Waals surface area contributed by atoms with Crippen LogP contribution in [0.4, 0.5) is 39.8 Å². The summed E-state index contributed by atoms with van der Waals surface area (Å²) >= 11 is 3.82. The molecular formula is C57H42N6S2. The molecule has 0 amide bonds. The molecule has 6 nitrogen and oxygen atoms in total. The van der Waals surface area contributed by atoms with E-state index < -0.39 is 0 Å². The molecule has 7 aromatic carbocycles. The molecule has 0 atom stereocenters. The largest absolute Gasteiger partial charge is 0.311 e. The number of para-hydroxylation sites is 2. The summed E-state index contributed by atoms with van der Waals surface area (Å²) in [5.74, 6) is 1.91. The summed E-state index contributed by atoms with van der Waals surface area (Å²) in [6.45, 7) is 0. The molecule has 0 saturated carbocycles. The summed E-state index contributed by atoms with van der Waals surface area (Å²) in [7, 11) is 0. The second kappa shape index (κ2) is 17.0. The Balaban J connectivity index is 0.946. The second-order valence-electron chi connectivity index (χ2n) is 16.3. The molecule has 8 aromatic rings. The number of aromatic nitrogens is 3. The maximum absolute atomic E-state index is 5.02. The summed E-state index contributed by atoms with van der Waals surface area (Å²) in [6.07, 6.45) is 13.5. The fourth-order valence-electron chi connectivity index (χ4n) is 9.05. The maximum atomic E-state index is 5.02. The number of hydrogen-bond donors (Lipinski definition) is 0. The number of nitrogens with zero attached hydrogens (tertiary/aromatic N) is 6. The molecule has 0 bridgehead atoms. The highest BCUT2D eigenvalue weighted by Crippen LogP contribution is 2.52. The lowest BCUT2D eigenvalue weighted by molar-refractivity contribution is 0.969. The van der Waals surface area contributed by atoms with Gasteiger partial charge in [-0.1, -0.05) is 121 Å². The summed E-state index contributed by atoms with van der Waals surface area (Å²) < 4.78 is 0. The van der Waals surface area contributed by atoms with Crippen LogP contribution in [0.25, 0.3) is 34.2 Å². The quantitative estimate of drug-likeness (QED) is 0.150. The molecule has 12 rings (SSSR count). The number of hydrogen-bond acceptors (Lipinski definition) is 8. The number of benzene rings is 7. The lowest BCUT2D eigenvalue weighted by Crippen LogP contribution is -2.21. The van der Waals surface area contributed by atoms with Crippen LogP contribution in [0.1, 0.15) is 25.7 Å². The van der Waals surface area contributed by atoms with Gasteiger partial charge >= 0.3 is 0 Å². The molecule has 2 aliphatic carbocycles. The standard InChI is InChI=1S/C57H42N6S2/c1-3-15-39(16-4-1)55-58-56(40-17-5-2-6-18-40)60-57(59-55)41-27-29-42(30-28-41)61(43-31-35-45(36-32-43)62-47-19-7-11-23-51(47)64-52-24-12-8-20-48(52)62)44-33-37-46(38-34-44)63-49-21-9-13-25-53(49)65-54-26-14-10-22-50(54)63/h1-11,13,15-23,25,27-38H,12,14,24,26H2. The van der Waals surface area contributed by atoms with E-state index in [1.807, 2.05) is 84.2 Å². The molecule has 65 heavy (non-hydrogen) atoms. The Morgan fingerprint density at radius 1 is 0.385 bits per heavy atom. The zero-order chi connectivity index (χ0) is 43.1. The Bertz CT molecular complexity index is 3010. The first-order valence-corrected chi connectivity index (χ1v) is 23.8. The average Bonchev–Trinajstić information content (AvgIpc) is 3.38. The van der Waals surface area contributed by atoms with Gasteiger partial charge < -0.3 is 14.7 Å². The van der Waals surface area contributed by atoms with Crippen LogP contribution >= 0.6 is 23.5 Å². The van der Waals surface area contributed by atoms with Crippen molar-refractivity contribution >= 4 is 63.3 Å². The van der Waals surface area contributed by atoms with E-state index in [1.165, 1.54) is 42.4 Å². The first kappa shape index (κ1) is 39.2. The Labute approximate surface area is 388 Å². The maximum Gasteiger partial charge on any atom is 0.164 e. The molecule has 312 valence electrons. The topological polar surface area (TPSA) is 48.4 Å². The summed E-state index contributed by atoms with van der Waals surface area (Å²) in [4.78, 5) is 27.6. The molecule has 8 heteroatoms. The van der Waals surface area contributed by atoms with Gasteiger partial charge in [0.15, 0.2) is 17.5 Å². The Hall–Kier alpha value is -7.39. The van der Waals surface area contributed by atoms with E-state index in [-0.39, 0.29) is 0 Å². The number of fused-ring (bicyclic) bond motifs is 2. The molecule has 0 fully saturated rings. The average molecular weight is 875 g/mol. The van der Waals surface area contributed by atoms with Crippen molar-refractivity contribution in [2.45, 2.75) is 35.5 Å². The summed E-state index contributed by atoms with van der Waals surface area (Å²) in [6, 6.07) is 64.4. The predicted molar refractivity (Wildman–Crippen MR) is 270 cm³/mol. The van der Waals surface area contributed by atoms with Crippen molar-refractivity contribution in [3.63, 3.8) is 0 Å². The van der Waals surface area contributed by atoms with Crippen LogP contribution in [0.15, 0.2) is 237 Å². The number of thioether (sulfide) groups is 2. The first-order valence-electron chi connectivity index (χ1n) is 22.1. The van der Waals surface area contributed by atoms with Crippen LogP contribution in [0.3, 0.4) is 0 Å². The van der Waals surface area contributed by atoms with Crippen molar-refractivity contribution in [1.29, 1.82) is 0 Å². The lowest BCUT2D eigenvalue weighted by atomic mass is 10.1. The predicted octanol–water partition coefficient (Wildman–Crippen LogP) is 16.0. The second-order valence-corrected chi connectivity index (χ2v) is 18.5. The SMILES string of the molecule is C1=CC2=C(CC1)Sc1ccccc1N2c1ccc(N(c2ccc(-c3nc(-c4ccccc4)nc(-c4ccccc4)n3)cc2)c2ccc(N3C4=C(CCC=C4)Sc4ccccc43)cc2)cc1. The molecule has 1 aromatic heterocycles. The van der Waals surface area contributed by atoms with E-state index in [2.05, 4.69) is 160 Å². The normalized spacial score (nSPS) is 15.0. The third-order valence-electron chi connectivity index (χ3n) is 12.2.